The molecule has 2 rings (SSSR count). The molecule has 0 spiro atoms. The second-order valence-electron chi connectivity index (χ2n) is 5.16. The Labute approximate surface area is 140 Å². The molecule has 6 heteroatoms. The molecule has 0 saturated carbocycles. The van der Waals surface area contributed by atoms with Gasteiger partial charge in [-0.1, -0.05) is 30.3 Å². The average molecular weight is 328 g/mol. The van der Waals surface area contributed by atoms with Crippen molar-refractivity contribution < 1.29 is 19.1 Å². The molecule has 0 fully saturated rings. The topological polar surface area (TPSA) is 77.5 Å². The second kappa shape index (κ2) is 8.67. The van der Waals surface area contributed by atoms with Gasteiger partial charge >= 0.3 is 5.97 Å². The maximum absolute atomic E-state index is 12.0. The number of rotatable bonds is 7. The van der Waals surface area contributed by atoms with E-state index in [4.69, 9.17) is 9.47 Å². The highest BCUT2D eigenvalue weighted by atomic mass is 16.5. The molecule has 1 aromatic heterocycles. The van der Waals surface area contributed by atoms with Crippen LogP contribution in [-0.2, 0) is 16.0 Å². The first kappa shape index (κ1) is 17.5. The molecule has 6 nitrogen and oxygen atoms in total. The van der Waals surface area contributed by atoms with E-state index in [-0.39, 0.29) is 11.5 Å². The van der Waals surface area contributed by atoms with E-state index in [2.05, 4.69) is 10.3 Å². The van der Waals surface area contributed by atoms with Crippen molar-refractivity contribution in [2.75, 3.05) is 13.7 Å². The Bertz CT molecular complexity index is 671. The molecule has 2 aromatic rings. The maximum Gasteiger partial charge on any atom is 0.340 e. The predicted molar refractivity (Wildman–Crippen MR) is 88.8 cm³/mol. The molecule has 24 heavy (non-hydrogen) atoms. The van der Waals surface area contributed by atoms with Crippen molar-refractivity contribution in [2.24, 2.45) is 0 Å². The van der Waals surface area contributed by atoms with Crippen molar-refractivity contribution in [2.45, 2.75) is 19.4 Å². The lowest BCUT2D eigenvalue weighted by Crippen LogP contribution is -2.36. The molecule has 0 aliphatic carbocycles. The molecular weight excluding hydrogens is 308 g/mol. The number of nitrogens with one attached hydrogen (secondary N) is 1. The zero-order valence-corrected chi connectivity index (χ0v) is 13.7. The van der Waals surface area contributed by atoms with E-state index in [1.807, 2.05) is 30.3 Å². The van der Waals surface area contributed by atoms with Gasteiger partial charge in [0.15, 0.2) is 6.10 Å². The van der Waals surface area contributed by atoms with E-state index in [0.29, 0.717) is 12.4 Å². The number of pyridine rings is 1. The number of hydrogen-bond acceptors (Lipinski definition) is 5. The van der Waals surface area contributed by atoms with Gasteiger partial charge in [-0.3, -0.25) is 4.79 Å². The van der Waals surface area contributed by atoms with Crippen molar-refractivity contribution in [3.8, 4) is 5.88 Å². The fourth-order valence-electron chi connectivity index (χ4n) is 2.02. The number of nitrogens with zero attached hydrogens (tertiary/aromatic N) is 1. The third kappa shape index (κ3) is 5.08. The van der Waals surface area contributed by atoms with E-state index < -0.39 is 12.1 Å². The van der Waals surface area contributed by atoms with Crippen molar-refractivity contribution in [3.05, 3.63) is 59.8 Å². The van der Waals surface area contributed by atoms with Crippen LogP contribution >= 0.6 is 0 Å². The van der Waals surface area contributed by atoms with E-state index in [1.54, 1.807) is 6.07 Å². The molecule has 1 heterocycles. The Morgan fingerprint density at radius 1 is 1.17 bits per heavy atom. The summed E-state index contributed by atoms with van der Waals surface area (Å²) in [7, 11) is 1.49. The highest BCUT2D eigenvalue weighted by Gasteiger charge is 2.18. The Balaban J connectivity index is 1.78. The maximum atomic E-state index is 12.0. The zero-order valence-electron chi connectivity index (χ0n) is 13.7. The van der Waals surface area contributed by atoms with Gasteiger partial charge in [-0.2, -0.15) is 0 Å². The van der Waals surface area contributed by atoms with Crippen LogP contribution in [0.1, 0.15) is 22.8 Å². The lowest BCUT2D eigenvalue weighted by atomic mass is 10.1. The highest BCUT2D eigenvalue weighted by molar-refractivity contribution is 5.91. The molecule has 0 saturated heterocycles. The predicted octanol–water partition coefficient (Wildman–Crippen LogP) is 1.99. The minimum absolute atomic E-state index is 0.264. The fraction of sp³-hybridized carbons (Fsp3) is 0.278. The highest BCUT2D eigenvalue weighted by Crippen LogP contribution is 2.09. The summed E-state index contributed by atoms with van der Waals surface area (Å²) in [6.07, 6.45) is 1.19. The lowest BCUT2D eigenvalue weighted by molar-refractivity contribution is -0.129. The minimum atomic E-state index is -0.879. The number of amides is 1. The molecule has 0 unspecified atom stereocenters. The zero-order chi connectivity index (χ0) is 17.4. The fourth-order valence-corrected chi connectivity index (χ4v) is 2.02. The van der Waals surface area contributed by atoms with Gasteiger partial charge in [0, 0.05) is 18.8 Å². The van der Waals surface area contributed by atoms with Gasteiger partial charge in [-0.05, 0) is 25.0 Å². The number of carbonyl (C=O) groups is 2. The van der Waals surface area contributed by atoms with Crippen LogP contribution in [0.2, 0.25) is 0 Å². The summed E-state index contributed by atoms with van der Waals surface area (Å²) >= 11 is 0. The summed E-state index contributed by atoms with van der Waals surface area (Å²) in [5, 5.41) is 2.75. The van der Waals surface area contributed by atoms with E-state index in [0.717, 1.165) is 12.0 Å². The normalized spacial score (nSPS) is 11.4. The Hall–Kier alpha value is -2.89. The van der Waals surface area contributed by atoms with Gasteiger partial charge in [0.1, 0.15) is 0 Å². The first-order valence-corrected chi connectivity index (χ1v) is 7.63. The molecule has 1 N–H and O–H groups in total. The number of ether oxygens (including phenoxy) is 2. The average Bonchev–Trinajstić information content (AvgIpc) is 2.62. The van der Waals surface area contributed by atoms with Gasteiger partial charge in [-0.15, -0.1) is 0 Å². The van der Waals surface area contributed by atoms with Gasteiger partial charge in [0.05, 0.1) is 12.7 Å². The Kier molecular flexibility index (Phi) is 6.31. The lowest BCUT2D eigenvalue weighted by Gasteiger charge is -2.13. The minimum Gasteiger partial charge on any atom is -0.481 e. The number of aromatic nitrogens is 1. The van der Waals surface area contributed by atoms with Gasteiger partial charge in [-0.25, -0.2) is 9.78 Å². The first-order chi connectivity index (χ1) is 11.6. The largest absolute Gasteiger partial charge is 0.481 e. The van der Waals surface area contributed by atoms with E-state index >= 15 is 0 Å². The third-order valence-corrected chi connectivity index (χ3v) is 3.39. The summed E-state index contributed by atoms with van der Waals surface area (Å²) < 4.78 is 10.1. The number of hydrogen-bond donors (Lipinski definition) is 1. The van der Waals surface area contributed by atoms with Crippen molar-refractivity contribution in [1.82, 2.24) is 10.3 Å². The molecule has 1 atom stereocenters. The summed E-state index contributed by atoms with van der Waals surface area (Å²) in [4.78, 5) is 27.9. The molecule has 1 aromatic carbocycles. The van der Waals surface area contributed by atoms with Gasteiger partial charge in [0.25, 0.3) is 5.91 Å². The van der Waals surface area contributed by atoms with Gasteiger partial charge < -0.3 is 14.8 Å². The van der Waals surface area contributed by atoms with Crippen LogP contribution in [0.4, 0.5) is 0 Å². The van der Waals surface area contributed by atoms with Crippen molar-refractivity contribution in [1.29, 1.82) is 0 Å². The smallest absolute Gasteiger partial charge is 0.340 e. The Morgan fingerprint density at radius 3 is 2.54 bits per heavy atom. The van der Waals surface area contributed by atoms with Crippen molar-refractivity contribution in [3.63, 3.8) is 0 Å². The molecule has 0 radical (unpaired) electrons. The SMILES string of the molecule is COc1ccc(C(=O)O[C@@H](C)C(=O)NCCc2ccccc2)cn1. The number of methoxy groups -OCH3 is 1. The summed E-state index contributed by atoms with van der Waals surface area (Å²) in [5.74, 6) is -0.533. The van der Waals surface area contributed by atoms with Crippen LogP contribution in [0.25, 0.3) is 0 Å². The number of esters is 1. The molecule has 126 valence electrons. The van der Waals surface area contributed by atoms with Gasteiger partial charge in [0.2, 0.25) is 5.88 Å². The standard InChI is InChI=1S/C18H20N2O4/c1-13(17(21)19-11-10-14-6-4-3-5-7-14)24-18(22)15-8-9-16(23-2)20-12-15/h3-9,12-13H,10-11H2,1-2H3,(H,19,21)/t13-/m0/s1. The summed E-state index contributed by atoms with van der Waals surface area (Å²) in [6.45, 7) is 2.02. The quantitative estimate of drug-likeness (QED) is 0.787. The molecule has 0 aliphatic heterocycles. The van der Waals surface area contributed by atoms with Crippen LogP contribution in [0, 0.1) is 0 Å². The molecule has 1 amide bonds. The summed E-state index contributed by atoms with van der Waals surface area (Å²) in [6, 6.07) is 12.9. The number of benzene rings is 1. The van der Waals surface area contributed by atoms with Crippen LogP contribution in [-0.4, -0.2) is 36.6 Å². The molecular formula is C18H20N2O4. The van der Waals surface area contributed by atoms with E-state index in [9.17, 15) is 9.59 Å². The van der Waals surface area contributed by atoms with Crippen molar-refractivity contribution >= 4 is 11.9 Å². The van der Waals surface area contributed by atoms with Crippen LogP contribution in [0.5, 0.6) is 5.88 Å². The second-order valence-corrected chi connectivity index (χ2v) is 5.16. The van der Waals surface area contributed by atoms with Crippen LogP contribution in [0.15, 0.2) is 48.7 Å². The van der Waals surface area contributed by atoms with Crippen LogP contribution in [0.3, 0.4) is 0 Å². The molecule has 0 aliphatic rings. The monoisotopic (exact) mass is 328 g/mol. The van der Waals surface area contributed by atoms with Crippen LogP contribution < -0.4 is 10.1 Å². The third-order valence-electron chi connectivity index (χ3n) is 3.39. The Morgan fingerprint density at radius 2 is 1.92 bits per heavy atom. The molecule has 0 bridgehead atoms. The van der Waals surface area contributed by atoms with E-state index in [1.165, 1.54) is 26.3 Å². The number of carbonyl (C=O) groups excluding carboxylic acids is 2. The first-order valence-electron chi connectivity index (χ1n) is 7.63. The summed E-state index contributed by atoms with van der Waals surface area (Å²) in [5.41, 5.74) is 1.39.